The van der Waals surface area contributed by atoms with Crippen LogP contribution in [0, 0.1) is 12.7 Å². The normalized spacial score (nSPS) is 11.2. The van der Waals surface area contributed by atoms with Crippen LogP contribution in [0.5, 0.6) is 0 Å². The highest BCUT2D eigenvalue weighted by Crippen LogP contribution is 2.24. The van der Waals surface area contributed by atoms with Crippen LogP contribution in [0.25, 0.3) is 21.1 Å². The third kappa shape index (κ3) is 3.04. The Morgan fingerprint density at radius 2 is 1.92 bits per heavy atom. The van der Waals surface area contributed by atoms with Crippen LogP contribution in [0.2, 0.25) is 0 Å². The maximum absolute atomic E-state index is 13.4. The predicted octanol–water partition coefficient (Wildman–Crippen LogP) is 4.56. The van der Waals surface area contributed by atoms with Crippen molar-refractivity contribution in [1.29, 1.82) is 0 Å². The van der Waals surface area contributed by atoms with E-state index in [9.17, 15) is 9.18 Å². The number of halogens is 1. The fourth-order valence-electron chi connectivity index (χ4n) is 2.92. The largest absolute Gasteiger partial charge is 0.335 e. The minimum Gasteiger partial charge on any atom is -0.335 e. The summed E-state index contributed by atoms with van der Waals surface area (Å²) in [6, 6.07) is 14.1. The first-order valence-corrected chi connectivity index (χ1v) is 9.00. The number of para-hydroxylation sites is 1. The lowest BCUT2D eigenvalue weighted by Gasteiger charge is -2.17. The van der Waals surface area contributed by atoms with E-state index in [0.29, 0.717) is 23.3 Å². The lowest BCUT2D eigenvalue weighted by atomic mass is 10.1. The average molecular weight is 365 g/mol. The van der Waals surface area contributed by atoms with E-state index in [1.54, 1.807) is 42.3 Å². The van der Waals surface area contributed by atoms with Gasteiger partial charge in [0, 0.05) is 18.5 Å². The first-order chi connectivity index (χ1) is 12.5. The Bertz CT molecular complexity index is 1110. The van der Waals surface area contributed by atoms with E-state index in [2.05, 4.69) is 9.97 Å². The molecule has 4 nitrogen and oxygen atoms in total. The summed E-state index contributed by atoms with van der Waals surface area (Å²) in [6.45, 7) is 2.20. The van der Waals surface area contributed by atoms with Crippen molar-refractivity contribution in [2.45, 2.75) is 13.5 Å². The molecule has 4 aromatic rings. The number of hydrogen-bond donors (Lipinski definition) is 0. The number of fused-ring (bicyclic) bond motifs is 2. The highest BCUT2D eigenvalue weighted by molar-refractivity contribution is 7.18. The molecule has 0 aliphatic heterocycles. The van der Waals surface area contributed by atoms with Crippen LogP contribution in [0.3, 0.4) is 0 Å². The topological polar surface area (TPSA) is 46.1 Å². The van der Waals surface area contributed by atoms with Gasteiger partial charge in [-0.2, -0.15) is 0 Å². The number of aryl methyl sites for hydroxylation is 1. The second-order valence-electron chi connectivity index (χ2n) is 6.19. The fourth-order valence-corrected chi connectivity index (χ4v) is 3.94. The van der Waals surface area contributed by atoms with Crippen LogP contribution in [-0.4, -0.2) is 27.8 Å². The van der Waals surface area contributed by atoms with Gasteiger partial charge >= 0.3 is 0 Å². The highest BCUT2D eigenvalue weighted by Gasteiger charge is 2.18. The summed E-state index contributed by atoms with van der Waals surface area (Å²) in [7, 11) is 1.75. The van der Waals surface area contributed by atoms with E-state index in [0.717, 1.165) is 20.6 Å². The quantitative estimate of drug-likeness (QED) is 0.534. The maximum Gasteiger partial charge on any atom is 0.255 e. The summed E-state index contributed by atoms with van der Waals surface area (Å²) in [4.78, 5) is 23.5. The highest BCUT2D eigenvalue weighted by atomic mass is 32.1. The van der Waals surface area contributed by atoms with Crippen LogP contribution in [-0.2, 0) is 6.54 Å². The lowest BCUT2D eigenvalue weighted by Crippen LogP contribution is -2.27. The molecule has 0 spiro atoms. The number of nitrogens with zero attached hydrogens (tertiary/aromatic N) is 3. The molecule has 0 unspecified atom stereocenters. The zero-order chi connectivity index (χ0) is 18.3. The van der Waals surface area contributed by atoms with Gasteiger partial charge in [-0.05, 0) is 37.3 Å². The van der Waals surface area contributed by atoms with Crippen molar-refractivity contribution in [2.75, 3.05) is 7.05 Å². The summed E-state index contributed by atoms with van der Waals surface area (Å²) in [5.74, 6) is -0.461. The fraction of sp³-hybridized carbons (Fsp3) is 0.150. The number of carbonyl (C=O) groups is 1. The van der Waals surface area contributed by atoms with Gasteiger partial charge in [0.15, 0.2) is 0 Å². The average Bonchev–Trinajstić information content (AvgIpc) is 3.02. The Morgan fingerprint density at radius 3 is 2.73 bits per heavy atom. The zero-order valence-corrected chi connectivity index (χ0v) is 15.2. The molecule has 0 bridgehead atoms. The Labute approximate surface area is 153 Å². The van der Waals surface area contributed by atoms with Gasteiger partial charge in [-0.3, -0.25) is 9.78 Å². The smallest absolute Gasteiger partial charge is 0.255 e. The molecule has 4 rings (SSSR count). The van der Waals surface area contributed by atoms with Gasteiger partial charge in [0.05, 0.1) is 33.5 Å². The molecule has 2 heterocycles. The van der Waals surface area contributed by atoms with Gasteiger partial charge < -0.3 is 4.90 Å². The van der Waals surface area contributed by atoms with E-state index in [1.165, 1.54) is 12.1 Å². The van der Waals surface area contributed by atoms with E-state index in [4.69, 9.17) is 0 Å². The monoisotopic (exact) mass is 365 g/mol. The summed E-state index contributed by atoms with van der Waals surface area (Å²) in [5, 5.41) is 1.63. The van der Waals surface area contributed by atoms with Gasteiger partial charge in [-0.1, -0.05) is 12.1 Å². The summed E-state index contributed by atoms with van der Waals surface area (Å²) < 4.78 is 14.5. The minimum absolute atomic E-state index is 0.125. The number of benzene rings is 2. The SMILES string of the molecule is Cc1nc2cc(F)ccc2cc1C(=O)N(C)Cc1nc2ccccc2s1. The number of amides is 1. The number of rotatable bonds is 3. The Hall–Kier alpha value is -2.86. The minimum atomic E-state index is -0.337. The number of thiazole rings is 1. The van der Waals surface area contributed by atoms with Crippen LogP contribution < -0.4 is 0 Å². The molecule has 2 aromatic carbocycles. The van der Waals surface area contributed by atoms with Crippen molar-refractivity contribution in [3.63, 3.8) is 0 Å². The third-order valence-corrected chi connectivity index (χ3v) is 5.28. The zero-order valence-electron chi connectivity index (χ0n) is 14.4. The maximum atomic E-state index is 13.4. The lowest BCUT2D eigenvalue weighted by molar-refractivity contribution is 0.0784. The molecule has 130 valence electrons. The molecule has 26 heavy (non-hydrogen) atoms. The molecular formula is C20H16FN3OS. The van der Waals surface area contributed by atoms with Crippen LogP contribution in [0.4, 0.5) is 4.39 Å². The summed E-state index contributed by atoms with van der Waals surface area (Å²) in [5.41, 5.74) is 2.60. The number of carbonyl (C=O) groups excluding carboxylic acids is 1. The molecule has 0 saturated carbocycles. The van der Waals surface area contributed by atoms with Crippen LogP contribution >= 0.6 is 11.3 Å². The van der Waals surface area contributed by atoms with Gasteiger partial charge in [0.1, 0.15) is 10.8 Å². The number of hydrogen-bond acceptors (Lipinski definition) is 4. The molecule has 6 heteroatoms. The molecule has 1 amide bonds. The first kappa shape index (κ1) is 16.6. The predicted molar refractivity (Wildman–Crippen MR) is 102 cm³/mol. The number of pyridine rings is 1. The Morgan fingerprint density at radius 1 is 1.12 bits per heavy atom. The molecule has 0 aliphatic carbocycles. The molecule has 0 fully saturated rings. The summed E-state index contributed by atoms with van der Waals surface area (Å²) in [6.07, 6.45) is 0. The van der Waals surface area contributed by atoms with Gasteiger partial charge in [0.2, 0.25) is 0 Å². The van der Waals surface area contributed by atoms with Gasteiger partial charge in [0.25, 0.3) is 5.91 Å². The Balaban J connectivity index is 1.62. The molecular weight excluding hydrogens is 349 g/mol. The molecule has 0 radical (unpaired) electrons. The van der Waals surface area contributed by atoms with Crippen molar-refractivity contribution in [3.05, 3.63) is 70.6 Å². The summed E-state index contributed by atoms with van der Waals surface area (Å²) >= 11 is 1.58. The third-order valence-electron chi connectivity index (χ3n) is 4.26. The van der Waals surface area contributed by atoms with Crippen LogP contribution in [0.1, 0.15) is 21.1 Å². The van der Waals surface area contributed by atoms with Crippen molar-refractivity contribution >= 4 is 38.4 Å². The number of aromatic nitrogens is 2. The first-order valence-electron chi connectivity index (χ1n) is 8.18. The van der Waals surface area contributed by atoms with E-state index in [-0.39, 0.29) is 11.7 Å². The van der Waals surface area contributed by atoms with Crippen molar-refractivity contribution in [2.24, 2.45) is 0 Å². The molecule has 0 aliphatic rings. The van der Waals surface area contributed by atoms with E-state index in [1.807, 2.05) is 24.3 Å². The van der Waals surface area contributed by atoms with Crippen molar-refractivity contribution in [1.82, 2.24) is 14.9 Å². The molecule has 0 atom stereocenters. The van der Waals surface area contributed by atoms with Gasteiger partial charge in [-0.25, -0.2) is 9.37 Å². The second-order valence-corrected chi connectivity index (χ2v) is 7.31. The van der Waals surface area contributed by atoms with Gasteiger partial charge in [-0.15, -0.1) is 11.3 Å². The standard InChI is InChI=1S/C20H16FN3OS/c1-12-15(9-13-7-8-14(21)10-17(13)22-12)20(25)24(2)11-19-23-16-5-3-4-6-18(16)26-19/h3-10H,11H2,1-2H3. The van der Waals surface area contributed by atoms with Crippen molar-refractivity contribution < 1.29 is 9.18 Å². The Kier molecular flexibility index (Phi) is 4.12. The van der Waals surface area contributed by atoms with Crippen LogP contribution in [0.15, 0.2) is 48.5 Å². The molecule has 2 aromatic heterocycles. The van der Waals surface area contributed by atoms with E-state index >= 15 is 0 Å². The molecule has 0 N–H and O–H groups in total. The van der Waals surface area contributed by atoms with Crippen molar-refractivity contribution in [3.8, 4) is 0 Å². The van der Waals surface area contributed by atoms with E-state index < -0.39 is 0 Å². The second kappa shape index (κ2) is 6.46. The molecule has 0 saturated heterocycles.